The number of nitrogens with zero attached hydrogens (tertiary/aromatic N) is 2. The Labute approximate surface area is 137 Å². The maximum atomic E-state index is 12.9. The number of benzene rings is 1. The van der Waals surface area contributed by atoms with Crippen LogP contribution in [-0.4, -0.2) is 54.5 Å². The quantitative estimate of drug-likeness (QED) is 0.830. The Morgan fingerprint density at radius 3 is 2.74 bits per heavy atom. The highest BCUT2D eigenvalue weighted by atomic mass is 16.5. The van der Waals surface area contributed by atoms with Crippen LogP contribution in [0.2, 0.25) is 0 Å². The lowest BCUT2D eigenvalue weighted by molar-refractivity contribution is -0.138. The normalized spacial score (nSPS) is 24.2. The van der Waals surface area contributed by atoms with Crippen LogP contribution in [0.1, 0.15) is 24.8 Å². The summed E-state index contributed by atoms with van der Waals surface area (Å²) in [6.45, 7) is 2.49. The van der Waals surface area contributed by atoms with Crippen molar-refractivity contribution in [3.05, 3.63) is 35.9 Å². The van der Waals surface area contributed by atoms with E-state index in [1.165, 1.54) is 0 Å². The molecule has 0 aliphatic carbocycles. The molecule has 0 N–H and O–H groups in total. The summed E-state index contributed by atoms with van der Waals surface area (Å²) in [7, 11) is 1.76. The SMILES string of the molecule is CN1CC(C(=O)N(Cc2ccccc2)CC2CCCO2)CC1=O. The van der Waals surface area contributed by atoms with Crippen LogP contribution in [0.15, 0.2) is 30.3 Å². The molecular weight excluding hydrogens is 292 g/mol. The van der Waals surface area contributed by atoms with E-state index in [0.717, 1.165) is 25.0 Å². The van der Waals surface area contributed by atoms with Crippen LogP contribution in [0.25, 0.3) is 0 Å². The lowest BCUT2D eigenvalue weighted by Crippen LogP contribution is -2.41. The smallest absolute Gasteiger partial charge is 0.228 e. The summed E-state index contributed by atoms with van der Waals surface area (Å²) in [6, 6.07) is 10.00. The Kier molecular flexibility index (Phi) is 4.96. The molecule has 0 aromatic heterocycles. The molecule has 2 atom stereocenters. The number of likely N-dealkylation sites (tertiary alicyclic amines) is 1. The van der Waals surface area contributed by atoms with Gasteiger partial charge in [-0.3, -0.25) is 9.59 Å². The van der Waals surface area contributed by atoms with Gasteiger partial charge in [0.25, 0.3) is 0 Å². The van der Waals surface area contributed by atoms with Gasteiger partial charge in [0, 0.05) is 39.7 Å². The molecule has 0 saturated carbocycles. The van der Waals surface area contributed by atoms with Gasteiger partial charge in [-0.2, -0.15) is 0 Å². The minimum atomic E-state index is -0.224. The van der Waals surface area contributed by atoms with Crippen molar-refractivity contribution in [2.24, 2.45) is 5.92 Å². The van der Waals surface area contributed by atoms with Crippen LogP contribution in [0.4, 0.5) is 0 Å². The standard InChI is InChI=1S/C18H24N2O3/c1-19-12-15(10-17(19)21)18(22)20(13-16-8-5-9-23-16)11-14-6-3-2-4-7-14/h2-4,6-7,15-16H,5,8-13H2,1H3. The van der Waals surface area contributed by atoms with Crippen molar-refractivity contribution in [1.82, 2.24) is 9.80 Å². The van der Waals surface area contributed by atoms with Gasteiger partial charge in [-0.05, 0) is 18.4 Å². The molecule has 23 heavy (non-hydrogen) atoms. The minimum absolute atomic E-state index is 0.0557. The molecule has 2 aliphatic rings. The predicted molar refractivity (Wildman–Crippen MR) is 86.6 cm³/mol. The molecule has 2 amide bonds. The van der Waals surface area contributed by atoms with Gasteiger partial charge in [0.2, 0.25) is 11.8 Å². The summed E-state index contributed by atoms with van der Waals surface area (Å²) in [5, 5.41) is 0. The van der Waals surface area contributed by atoms with Crippen LogP contribution in [0.3, 0.4) is 0 Å². The second kappa shape index (κ2) is 7.13. The first-order chi connectivity index (χ1) is 11.1. The van der Waals surface area contributed by atoms with Crippen LogP contribution in [-0.2, 0) is 20.9 Å². The number of carbonyl (C=O) groups excluding carboxylic acids is 2. The van der Waals surface area contributed by atoms with E-state index >= 15 is 0 Å². The summed E-state index contributed by atoms with van der Waals surface area (Å²) < 4.78 is 5.70. The highest BCUT2D eigenvalue weighted by Gasteiger charge is 2.35. The second-order valence-corrected chi connectivity index (χ2v) is 6.51. The summed E-state index contributed by atoms with van der Waals surface area (Å²) >= 11 is 0. The summed E-state index contributed by atoms with van der Waals surface area (Å²) in [6.07, 6.45) is 2.51. The van der Waals surface area contributed by atoms with Gasteiger partial charge >= 0.3 is 0 Å². The largest absolute Gasteiger partial charge is 0.376 e. The molecule has 5 nitrogen and oxygen atoms in total. The van der Waals surface area contributed by atoms with Gasteiger partial charge in [0.05, 0.1) is 12.0 Å². The fourth-order valence-corrected chi connectivity index (χ4v) is 3.36. The molecule has 5 heteroatoms. The molecule has 2 saturated heterocycles. The molecule has 0 bridgehead atoms. The first-order valence-electron chi connectivity index (χ1n) is 8.32. The van der Waals surface area contributed by atoms with Gasteiger partial charge in [-0.25, -0.2) is 0 Å². The van der Waals surface area contributed by atoms with Crippen LogP contribution in [0.5, 0.6) is 0 Å². The average Bonchev–Trinajstić information content (AvgIpc) is 3.17. The molecular formula is C18H24N2O3. The van der Waals surface area contributed by atoms with Gasteiger partial charge in [-0.1, -0.05) is 30.3 Å². The Hall–Kier alpha value is -1.88. The third-order valence-electron chi connectivity index (χ3n) is 4.67. The van der Waals surface area contributed by atoms with Gasteiger partial charge in [0.1, 0.15) is 0 Å². The summed E-state index contributed by atoms with van der Waals surface area (Å²) in [5.74, 6) is -0.0974. The van der Waals surface area contributed by atoms with E-state index in [1.54, 1.807) is 11.9 Å². The third kappa shape index (κ3) is 3.91. The second-order valence-electron chi connectivity index (χ2n) is 6.51. The van der Waals surface area contributed by atoms with Gasteiger partial charge in [-0.15, -0.1) is 0 Å². The van der Waals surface area contributed by atoms with E-state index < -0.39 is 0 Å². The number of rotatable bonds is 5. The van der Waals surface area contributed by atoms with E-state index in [9.17, 15) is 9.59 Å². The molecule has 1 aromatic carbocycles. The number of carbonyl (C=O) groups is 2. The maximum Gasteiger partial charge on any atom is 0.228 e. The average molecular weight is 316 g/mol. The molecule has 2 aliphatic heterocycles. The summed E-state index contributed by atoms with van der Waals surface area (Å²) in [5.41, 5.74) is 1.11. The van der Waals surface area contributed by atoms with E-state index in [4.69, 9.17) is 4.74 Å². The first-order valence-corrected chi connectivity index (χ1v) is 8.32. The maximum absolute atomic E-state index is 12.9. The van der Waals surface area contributed by atoms with Crippen molar-refractivity contribution in [1.29, 1.82) is 0 Å². The van der Waals surface area contributed by atoms with Gasteiger partial charge in [0.15, 0.2) is 0 Å². The Morgan fingerprint density at radius 2 is 2.13 bits per heavy atom. The molecule has 2 fully saturated rings. The monoisotopic (exact) mass is 316 g/mol. The lowest BCUT2D eigenvalue weighted by atomic mass is 10.1. The zero-order valence-electron chi connectivity index (χ0n) is 13.6. The fraction of sp³-hybridized carbons (Fsp3) is 0.556. The van der Waals surface area contributed by atoms with Crippen molar-refractivity contribution >= 4 is 11.8 Å². The molecule has 3 rings (SSSR count). The van der Waals surface area contributed by atoms with Crippen molar-refractivity contribution < 1.29 is 14.3 Å². The Morgan fingerprint density at radius 1 is 1.35 bits per heavy atom. The highest BCUT2D eigenvalue weighted by molar-refractivity contribution is 5.89. The van der Waals surface area contributed by atoms with E-state index in [1.807, 2.05) is 35.2 Å². The fourth-order valence-electron chi connectivity index (χ4n) is 3.36. The summed E-state index contributed by atoms with van der Waals surface area (Å²) in [4.78, 5) is 28.2. The number of hydrogen-bond acceptors (Lipinski definition) is 3. The molecule has 1 aromatic rings. The molecule has 0 spiro atoms. The molecule has 124 valence electrons. The lowest BCUT2D eigenvalue weighted by Gasteiger charge is -2.28. The van der Waals surface area contributed by atoms with Crippen molar-refractivity contribution in [3.8, 4) is 0 Å². The van der Waals surface area contributed by atoms with Gasteiger partial charge < -0.3 is 14.5 Å². The Bertz CT molecular complexity index is 555. The van der Waals surface area contributed by atoms with E-state index in [2.05, 4.69) is 0 Å². The Balaban J connectivity index is 1.71. The zero-order chi connectivity index (χ0) is 16.2. The van der Waals surface area contributed by atoms with Crippen molar-refractivity contribution in [3.63, 3.8) is 0 Å². The zero-order valence-corrected chi connectivity index (χ0v) is 13.6. The first kappa shape index (κ1) is 16.0. The molecule has 2 unspecified atom stereocenters. The van der Waals surface area contributed by atoms with Crippen molar-refractivity contribution in [2.75, 3.05) is 26.7 Å². The van der Waals surface area contributed by atoms with Crippen LogP contribution < -0.4 is 0 Å². The number of hydrogen-bond donors (Lipinski definition) is 0. The minimum Gasteiger partial charge on any atom is -0.376 e. The predicted octanol–water partition coefficient (Wildman–Crippen LogP) is 1.67. The molecule has 0 radical (unpaired) electrons. The third-order valence-corrected chi connectivity index (χ3v) is 4.67. The van der Waals surface area contributed by atoms with E-state index in [0.29, 0.717) is 26.1 Å². The number of amides is 2. The van der Waals surface area contributed by atoms with Crippen LogP contribution in [0, 0.1) is 5.92 Å². The highest BCUT2D eigenvalue weighted by Crippen LogP contribution is 2.22. The topological polar surface area (TPSA) is 49.9 Å². The van der Waals surface area contributed by atoms with Crippen LogP contribution >= 0.6 is 0 Å². The van der Waals surface area contributed by atoms with Crippen molar-refractivity contribution in [2.45, 2.75) is 31.9 Å². The number of ether oxygens (including phenoxy) is 1. The van der Waals surface area contributed by atoms with E-state index in [-0.39, 0.29) is 23.8 Å². The molecule has 2 heterocycles.